The van der Waals surface area contributed by atoms with Crippen LogP contribution in [-0.4, -0.2) is 19.8 Å². The maximum atomic E-state index is 13.3. The van der Waals surface area contributed by atoms with Crippen LogP contribution in [0.25, 0.3) is 11.0 Å². The maximum absolute atomic E-state index is 13.3. The molecule has 0 unspecified atom stereocenters. The Balaban J connectivity index is 2.08. The fourth-order valence-electron chi connectivity index (χ4n) is 5.32. The minimum absolute atomic E-state index is 0.144. The van der Waals surface area contributed by atoms with E-state index in [4.69, 9.17) is 18.6 Å². The molecule has 0 aliphatic heterocycles. The number of hydrogen-bond acceptors (Lipinski definition) is 5. The summed E-state index contributed by atoms with van der Waals surface area (Å²) < 4.78 is 24.3. The van der Waals surface area contributed by atoms with Gasteiger partial charge in [-0.2, -0.15) is 0 Å². The molecule has 2 rings (SSSR count). The van der Waals surface area contributed by atoms with E-state index in [1.807, 2.05) is 24.3 Å². The molecule has 0 bridgehead atoms. The zero-order valence-corrected chi connectivity index (χ0v) is 28.8. The van der Waals surface area contributed by atoms with Crippen LogP contribution < -0.4 is 19.8 Å². The average molecular weight is 611 g/mol. The highest BCUT2D eigenvalue weighted by Gasteiger charge is 2.20. The zero-order chi connectivity index (χ0) is 31.8. The highest BCUT2D eigenvalue weighted by atomic mass is 16.5. The first-order chi connectivity index (χ1) is 21.5. The van der Waals surface area contributed by atoms with Gasteiger partial charge in [0.1, 0.15) is 6.61 Å². The highest BCUT2D eigenvalue weighted by molar-refractivity contribution is 5.89. The molecule has 0 atom stereocenters. The number of rotatable bonds is 26. The van der Waals surface area contributed by atoms with Gasteiger partial charge < -0.3 is 18.6 Å². The third-order valence-corrected chi connectivity index (χ3v) is 8.06. The van der Waals surface area contributed by atoms with E-state index in [0.717, 1.165) is 43.9 Å². The predicted octanol–water partition coefficient (Wildman–Crippen LogP) is 11.9. The molecule has 0 radical (unpaired) electrons. The van der Waals surface area contributed by atoms with Crippen molar-refractivity contribution in [1.82, 2.24) is 0 Å². The van der Waals surface area contributed by atoms with Crippen LogP contribution >= 0.6 is 0 Å². The molecule has 0 saturated heterocycles. The number of unbranched alkanes of at least 4 members (excludes halogenated alkanes) is 14. The van der Waals surface area contributed by atoms with Gasteiger partial charge in [-0.05, 0) is 64.7 Å². The molecule has 2 aromatic rings. The van der Waals surface area contributed by atoms with Crippen LogP contribution in [0, 0.1) is 0 Å². The van der Waals surface area contributed by atoms with Crippen LogP contribution in [0.1, 0.15) is 150 Å². The van der Waals surface area contributed by atoms with Crippen molar-refractivity contribution < 1.29 is 18.6 Å². The molecule has 1 aromatic heterocycles. The summed E-state index contributed by atoms with van der Waals surface area (Å²) in [7, 11) is 0. The molecule has 5 heteroatoms. The monoisotopic (exact) mass is 610 g/mol. The van der Waals surface area contributed by atoms with Gasteiger partial charge in [0.2, 0.25) is 5.75 Å². The van der Waals surface area contributed by atoms with Gasteiger partial charge in [-0.25, -0.2) is 4.79 Å². The molecular weight excluding hydrogens is 548 g/mol. The van der Waals surface area contributed by atoms with Gasteiger partial charge in [0.05, 0.1) is 18.6 Å². The van der Waals surface area contributed by atoms with Crippen molar-refractivity contribution in [2.45, 2.75) is 150 Å². The van der Waals surface area contributed by atoms with E-state index in [2.05, 4.69) is 40.7 Å². The van der Waals surface area contributed by atoms with Gasteiger partial charge in [0.15, 0.2) is 17.1 Å². The lowest BCUT2D eigenvalue weighted by Gasteiger charge is -2.15. The molecule has 0 aliphatic rings. The minimum Gasteiger partial charge on any atom is -0.490 e. The summed E-state index contributed by atoms with van der Waals surface area (Å²) in [6.07, 6.45) is 25.9. The topological polar surface area (TPSA) is 57.9 Å². The minimum atomic E-state index is -0.526. The molecule has 1 heterocycles. The van der Waals surface area contributed by atoms with Gasteiger partial charge in [-0.3, -0.25) is 0 Å². The number of benzene rings is 1. The first kappa shape index (κ1) is 37.5. The number of fused-ring (bicyclic) bond motifs is 1. The Kier molecular flexibility index (Phi) is 20.2. The summed E-state index contributed by atoms with van der Waals surface area (Å²) in [4.78, 5) is 13.3. The quantitative estimate of drug-likeness (QED) is 0.0602. The van der Waals surface area contributed by atoms with E-state index in [1.165, 1.54) is 88.2 Å². The molecule has 5 nitrogen and oxygen atoms in total. The molecule has 248 valence electrons. The Morgan fingerprint density at radius 1 is 0.682 bits per heavy atom. The van der Waals surface area contributed by atoms with Crippen molar-refractivity contribution in [3.63, 3.8) is 0 Å². The zero-order valence-electron chi connectivity index (χ0n) is 28.8. The Labute approximate surface area is 268 Å². The van der Waals surface area contributed by atoms with Crippen LogP contribution in [0.15, 0.2) is 50.7 Å². The van der Waals surface area contributed by atoms with E-state index in [0.29, 0.717) is 36.9 Å². The van der Waals surface area contributed by atoms with E-state index in [9.17, 15) is 4.79 Å². The number of para-hydroxylation sites is 1. The van der Waals surface area contributed by atoms with Gasteiger partial charge >= 0.3 is 5.63 Å². The van der Waals surface area contributed by atoms with Crippen LogP contribution in [0.3, 0.4) is 0 Å². The van der Waals surface area contributed by atoms with Gasteiger partial charge in [0.25, 0.3) is 0 Å². The lowest BCUT2D eigenvalue weighted by molar-refractivity contribution is 0.267. The molecule has 0 N–H and O–H groups in total. The Morgan fingerprint density at radius 2 is 1.25 bits per heavy atom. The molecule has 0 aliphatic carbocycles. The normalized spacial score (nSPS) is 11.6. The lowest BCUT2D eigenvalue weighted by atomic mass is 10.1. The molecule has 0 spiro atoms. The lowest BCUT2D eigenvalue weighted by Crippen LogP contribution is -2.12. The second-order valence-corrected chi connectivity index (χ2v) is 12.5. The van der Waals surface area contributed by atoms with Crippen LogP contribution in [0.4, 0.5) is 0 Å². The van der Waals surface area contributed by atoms with E-state index < -0.39 is 5.63 Å². The Bertz CT molecular complexity index is 1160. The standard InChI is InChI=1S/C39H62O5/c1-6-8-10-12-14-16-18-20-29-41-35-27-23-26-34-36(35)44-39(40)38(43-31-28-33(5)25-22-24-32(3)4)37(34)42-30-21-19-17-15-13-11-9-7-2/h23-24,26-28H,6-22,25,29-31H2,1-5H3/b33-28+. The molecule has 1 aromatic carbocycles. The van der Waals surface area contributed by atoms with Crippen LogP contribution in [-0.2, 0) is 0 Å². The molecular formula is C39H62O5. The Hall–Kier alpha value is -2.69. The molecule has 0 fully saturated rings. The van der Waals surface area contributed by atoms with Crippen molar-refractivity contribution in [2.75, 3.05) is 19.8 Å². The van der Waals surface area contributed by atoms with Crippen molar-refractivity contribution in [2.24, 2.45) is 0 Å². The average Bonchev–Trinajstić information content (AvgIpc) is 3.00. The summed E-state index contributed by atoms with van der Waals surface area (Å²) in [5.41, 5.74) is 2.46. The fourth-order valence-corrected chi connectivity index (χ4v) is 5.32. The SMILES string of the molecule is CCCCCCCCCCOc1c(OC/C=C(\C)CCC=C(C)C)c(=O)oc2c(OCCCCCCCCCC)cccc12. The third kappa shape index (κ3) is 15.3. The van der Waals surface area contributed by atoms with Crippen LogP contribution in [0.5, 0.6) is 17.2 Å². The number of ether oxygens (including phenoxy) is 3. The summed E-state index contributed by atoms with van der Waals surface area (Å²) >= 11 is 0. The molecule has 44 heavy (non-hydrogen) atoms. The van der Waals surface area contributed by atoms with Crippen LogP contribution in [0.2, 0.25) is 0 Å². The summed E-state index contributed by atoms with van der Waals surface area (Å²) in [6.45, 7) is 12.2. The summed E-state index contributed by atoms with van der Waals surface area (Å²) in [5, 5.41) is 0.719. The largest absolute Gasteiger partial charge is 0.490 e. The van der Waals surface area contributed by atoms with Gasteiger partial charge in [-0.1, -0.05) is 127 Å². The fraction of sp³-hybridized carbons (Fsp3) is 0.667. The summed E-state index contributed by atoms with van der Waals surface area (Å²) in [5.74, 6) is 1.19. The first-order valence-corrected chi connectivity index (χ1v) is 17.7. The third-order valence-electron chi connectivity index (χ3n) is 8.06. The van der Waals surface area contributed by atoms with E-state index in [-0.39, 0.29) is 5.75 Å². The molecule has 0 saturated carbocycles. The first-order valence-electron chi connectivity index (χ1n) is 17.7. The van der Waals surface area contributed by atoms with E-state index in [1.54, 1.807) is 0 Å². The second-order valence-electron chi connectivity index (χ2n) is 12.5. The highest BCUT2D eigenvalue weighted by Crippen LogP contribution is 2.37. The molecule has 0 amide bonds. The summed E-state index contributed by atoms with van der Waals surface area (Å²) in [6, 6.07) is 5.74. The van der Waals surface area contributed by atoms with Gasteiger partial charge in [0, 0.05) is 0 Å². The van der Waals surface area contributed by atoms with E-state index >= 15 is 0 Å². The van der Waals surface area contributed by atoms with Crippen molar-refractivity contribution in [1.29, 1.82) is 0 Å². The maximum Gasteiger partial charge on any atom is 0.383 e. The van der Waals surface area contributed by atoms with Crippen molar-refractivity contribution in [3.8, 4) is 17.2 Å². The van der Waals surface area contributed by atoms with Crippen molar-refractivity contribution in [3.05, 3.63) is 51.9 Å². The number of hydrogen-bond donors (Lipinski definition) is 0. The van der Waals surface area contributed by atoms with Crippen molar-refractivity contribution >= 4 is 11.0 Å². The second kappa shape index (κ2) is 23.7. The van der Waals surface area contributed by atoms with Gasteiger partial charge in [-0.15, -0.1) is 0 Å². The number of allylic oxidation sites excluding steroid dienone is 3. The predicted molar refractivity (Wildman–Crippen MR) is 187 cm³/mol. The Morgan fingerprint density at radius 3 is 1.84 bits per heavy atom. The smallest absolute Gasteiger partial charge is 0.383 e.